The molecule has 6 heterocycles. The summed E-state index contributed by atoms with van der Waals surface area (Å²) < 4.78 is 13.5. The highest BCUT2D eigenvalue weighted by molar-refractivity contribution is 7.14. The van der Waals surface area contributed by atoms with Crippen molar-refractivity contribution >= 4 is 33.5 Å². The van der Waals surface area contributed by atoms with Gasteiger partial charge >= 0.3 is 0 Å². The summed E-state index contributed by atoms with van der Waals surface area (Å²) in [5.74, 6) is 0.525. The molecule has 0 aliphatic rings. The van der Waals surface area contributed by atoms with E-state index in [1.54, 1.807) is 30.9 Å². The molecule has 0 aromatic carbocycles. The fourth-order valence-electron chi connectivity index (χ4n) is 3.32. The predicted molar refractivity (Wildman–Crippen MR) is 111 cm³/mol. The van der Waals surface area contributed by atoms with Crippen molar-refractivity contribution in [3.8, 4) is 33.3 Å². The van der Waals surface area contributed by atoms with E-state index >= 15 is 0 Å². The lowest BCUT2D eigenvalue weighted by molar-refractivity contribution is 0.657. The topological polar surface area (TPSA) is 109 Å². The van der Waals surface area contributed by atoms with E-state index in [2.05, 4.69) is 30.1 Å². The Kier molecular flexibility index (Phi) is 3.65. The fourth-order valence-corrected chi connectivity index (χ4v) is 4.08. The Morgan fingerprint density at radius 1 is 0.867 bits per heavy atom. The number of thiophene rings is 1. The molecule has 0 radical (unpaired) electrons. The average Bonchev–Trinajstić information content (AvgIpc) is 3.51. The van der Waals surface area contributed by atoms with Gasteiger partial charge in [0.15, 0.2) is 22.3 Å². The van der Waals surface area contributed by atoms with E-state index in [1.165, 1.54) is 6.07 Å². The van der Waals surface area contributed by atoms with Crippen LogP contribution in [0.2, 0.25) is 0 Å². The molecule has 144 valence electrons. The first kappa shape index (κ1) is 16.9. The highest BCUT2D eigenvalue weighted by atomic mass is 32.1. The highest BCUT2D eigenvalue weighted by Gasteiger charge is 2.18. The lowest BCUT2D eigenvalue weighted by Crippen LogP contribution is -1.89. The molecule has 2 N–H and O–H groups in total. The maximum atomic E-state index is 13.5. The lowest BCUT2D eigenvalue weighted by atomic mass is 10.2. The molecular weight excluding hydrogens is 403 g/mol. The molecule has 6 rings (SSSR count). The van der Waals surface area contributed by atoms with Crippen LogP contribution in [0.25, 0.3) is 55.5 Å². The van der Waals surface area contributed by atoms with Crippen LogP contribution < -0.4 is 0 Å². The third-order valence-electron chi connectivity index (χ3n) is 4.68. The summed E-state index contributed by atoms with van der Waals surface area (Å²) >= 11 is 1.07. The van der Waals surface area contributed by atoms with E-state index < -0.39 is 0 Å². The van der Waals surface area contributed by atoms with E-state index in [9.17, 15) is 4.39 Å². The molecule has 0 atom stereocenters. The number of nitrogens with zero attached hydrogens (tertiary/aromatic N) is 6. The maximum Gasteiger partial charge on any atom is 0.176 e. The van der Waals surface area contributed by atoms with Crippen LogP contribution in [-0.4, -0.2) is 40.1 Å². The molecule has 0 aliphatic heterocycles. The van der Waals surface area contributed by atoms with E-state index in [1.807, 2.05) is 18.2 Å². The molecular formula is C20H11FN8S. The van der Waals surface area contributed by atoms with Crippen LogP contribution in [0.1, 0.15) is 0 Å². The standard InChI is InChI=1S/C20H11FN8S/c21-15-4-3-14(30-15)10-5-6-24-19-16(10)26-20(27-19)18-17-12(28-29-18)2-1-11(25-17)13-9-22-7-8-23-13/h1-9H,(H,28,29)(H,24,26,27). The van der Waals surface area contributed by atoms with Crippen LogP contribution in [0.3, 0.4) is 0 Å². The Morgan fingerprint density at radius 2 is 1.83 bits per heavy atom. The second-order valence-electron chi connectivity index (χ2n) is 6.50. The molecule has 6 aromatic heterocycles. The van der Waals surface area contributed by atoms with Crippen molar-refractivity contribution in [2.24, 2.45) is 0 Å². The van der Waals surface area contributed by atoms with Gasteiger partial charge in [-0.3, -0.25) is 15.1 Å². The second kappa shape index (κ2) is 6.49. The number of imidazole rings is 1. The summed E-state index contributed by atoms with van der Waals surface area (Å²) in [4.78, 5) is 26.2. The van der Waals surface area contributed by atoms with E-state index in [0.717, 1.165) is 27.3 Å². The summed E-state index contributed by atoms with van der Waals surface area (Å²) in [5, 5.41) is 7.14. The molecule has 0 spiro atoms. The first-order chi connectivity index (χ1) is 14.8. The second-order valence-corrected chi connectivity index (χ2v) is 7.53. The third kappa shape index (κ3) is 2.65. The SMILES string of the molecule is Fc1ccc(-c2ccnc3[nH]c(-c4n[nH]c5ccc(-c6cnccn6)nc45)nc23)s1. The van der Waals surface area contributed by atoms with Gasteiger partial charge in [-0.1, -0.05) is 0 Å². The minimum absolute atomic E-state index is 0.246. The highest BCUT2D eigenvalue weighted by Crippen LogP contribution is 2.33. The zero-order valence-corrected chi connectivity index (χ0v) is 16.0. The smallest absolute Gasteiger partial charge is 0.176 e. The largest absolute Gasteiger partial charge is 0.321 e. The van der Waals surface area contributed by atoms with Gasteiger partial charge in [0, 0.05) is 29.0 Å². The zero-order valence-electron chi connectivity index (χ0n) is 15.2. The van der Waals surface area contributed by atoms with Crippen molar-refractivity contribution in [1.82, 2.24) is 40.1 Å². The summed E-state index contributed by atoms with van der Waals surface area (Å²) in [6.45, 7) is 0. The number of aromatic nitrogens is 8. The third-order valence-corrected chi connectivity index (χ3v) is 5.59. The number of H-pyrrole nitrogens is 2. The molecule has 8 nitrogen and oxygen atoms in total. The van der Waals surface area contributed by atoms with Gasteiger partial charge in [-0.2, -0.15) is 9.49 Å². The van der Waals surface area contributed by atoms with Gasteiger partial charge < -0.3 is 4.98 Å². The van der Waals surface area contributed by atoms with E-state index in [0.29, 0.717) is 39.6 Å². The summed E-state index contributed by atoms with van der Waals surface area (Å²) in [6.07, 6.45) is 6.57. The molecule has 10 heteroatoms. The van der Waals surface area contributed by atoms with Gasteiger partial charge in [-0.15, -0.1) is 11.3 Å². The molecule has 6 aromatic rings. The Morgan fingerprint density at radius 3 is 2.67 bits per heavy atom. The fraction of sp³-hybridized carbons (Fsp3) is 0. The van der Waals surface area contributed by atoms with Crippen molar-refractivity contribution in [3.63, 3.8) is 0 Å². The number of hydrogen-bond acceptors (Lipinski definition) is 7. The number of halogens is 1. The van der Waals surface area contributed by atoms with Gasteiger partial charge in [0.1, 0.15) is 16.7 Å². The number of nitrogens with one attached hydrogen (secondary N) is 2. The maximum absolute atomic E-state index is 13.5. The first-order valence-corrected chi connectivity index (χ1v) is 9.80. The molecule has 0 saturated heterocycles. The summed E-state index contributed by atoms with van der Waals surface area (Å²) in [5.41, 5.74) is 5.39. The van der Waals surface area contributed by atoms with Crippen LogP contribution >= 0.6 is 11.3 Å². The minimum Gasteiger partial charge on any atom is -0.321 e. The number of aromatic amines is 2. The van der Waals surface area contributed by atoms with Crippen LogP contribution in [0, 0.1) is 5.13 Å². The Hall–Kier alpha value is -4.05. The van der Waals surface area contributed by atoms with Crippen LogP contribution in [-0.2, 0) is 0 Å². The monoisotopic (exact) mass is 414 g/mol. The number of rotatable bonds is 3. The van der Waals surface area contributed by atoms with Gasteiger partial charge in [-0.05, 0) is 30.3 Å². The first-order valence-electron chi connectivity index (χ1n) is 8.98. The minimum atomic E-state index is -0.246. The van der Waals surface area contributed by atoms with Crippen molar-refractivity contribution in [2.75, 3.05) is 0 Å². The van der Waals surface area contributed by atoms with Crippen LogP contribution in [0.5, 0.6) is 0 Å². The summed E-state index contributed by atoms with van der Waals surface area (Å²) in [6, 6.07) is 8.76. The van der Waals surface area contributed by atoms with Crippen LogP contribution in [0.4, 0.5) is 4.39 Å². The Labute approximate surface area is 171 Å². The Balaban J connectivity index is 1.52. The van der Waals surface area contributed by atoms with Crippen molar-refractivity contribution < 1.29 is 4.39 Å². The van der Waals surface area contributed by atoms with Crippen molar-refractivity contribution in [2.45, 2.75) is 0 Å². The number of fused-ring (bicyclic) bond motifs is 2. The van der Waals surface area contributed by atoms with Gasteiger partial charge in [-0.25, -0.2) is 15.0 Å². The van der Waals surface area contributed by atoms with E-state index in [4.69, 9.17) is 9.97 Å². The molecule has 0 amide bonds. The molecule has 0 bridgehead atoms. The molecule has 30 heavy (non-hydrogen) atoms. The summed E-state index contributed by atoms with van der Waals surface area (Å²) in [7, 11) is 0. The molecule has 0 aliphatic carbocycles. The van der Waals surface area contributed by atoms with Crippen molar-refractivity contribution in [3.05, 3.63) is 60.3 Å². The predicted octanol–water partition coefficient (Wildman–Crippen LogP) is 4.22. The van der Waals surface area contributed by atoms with Crippen LogP contribution in [0.15, 0.2) is 55.1 Å². The molecule has 0 unspecified atom stereocenters. The zero-order chi connectivity index (χ0) is 20.1. The van der Waals surface area contributed by atoms with Gasteiger partial charge in [0.2, 0.25) is 0 Å². The normalized spacial score (nSPS) is 11.5. The molecule has 0 saturated carbocycles. The molecule has 0 fully saturated rings. The van der Waals surface area contributed by atoms with E-state index in [-0.39, 0.29) is 5.13 Å². The lowest BCUT2D eigenvalue weighted by Gasteiger charge is -1.99. The van der Waals surface area contributed by atoms with Crippen molar-refractivity contribution in [1.29, 1.82) is 0 Å². The van der Waals surface area contributed by atoms with Gasteiger partial charge in [0.25, 0.3) is 0 Å². The Bertz CT molecular complexity index is 1520. The van der Waals surface area contributed by atoms with Gasteiger partial charge in [0.05, 0.1) is 17.4 Å². The average molecular weight is 414 g/mol. The number of hydrogen-bond donors (Lipinski definition) is 2. The number of pyridine rings is 2. The quantitative estimate of drug-likeness (QED) is 0.449.